The molecule has 0 spiro atoms. The molecule has 1 aromatic rings. The third-order valence-electron chi connectivity index (χ3n) is 3.75. The molecule has 1 N–H and O–H groups in total. The SMILES string of the molecule is CCCNC(c1ccccc1F)C(C)C1CC1. The quantitative estimate of drug-likeness (QED) is 0.788. The Kier molecular flexibility index (Phi) is 4.16. The summed E-state index contributed by atoms with van der Waals surface area (Å²) in [6.45, 7) is 5.35. The summed E-state index contributed by atoms with van der Waals surface area (Å²) in [5.41, 5.74) is 0.834. The first-order valence-electron chi connectivity index (χ1n) is 6.71. The molecule has 2 atom stereocenters. The van der Waals surface area contributed by atoms with Gasteiger partial charge in [0.05, 0.1) is 0 Å². The van der Waals surface area contributed by atoms with Crippen LogP contribution in [0.25, 0.3) is 0 Å². The minimum atomic E-state index is -0.0754. The lowest BCUT2D eigenvalue weighted by Gasteiger charge is -2.26. The van der Waals surface area contributed by atoms with Crippen LogP contribution in [0, 0.1) is 17.7 Å². The summed E-state index contributed by atoms with van der Waals surface area (Å²) in [6.07, 6.45) is 3.70. The van der Waals surface area contributed by atoms with Gasteiger partial charge in [-0.3, -0.25) is 0 Å². The molecule has 1 aliphatic carbocycles. The molecule has 1 aliphatic rings. The molecule has 0 aliphatic heterocycles. The van der Waals surface area contributed by atoms with E-state index >= 15 is 0 Å². The highest BCUT2D eigenvalue weighted by Gasteiger charge is 2.34. The number of halogens is 1. The Morgan fingerprint density at radius 1 is 1.35 bits per heavy atom. The largest absolute Gasteiger partial charge is 0.310 e. The number of hydrogen-bond acceptors (Lipinski definition) is 1. The summed E-state index contributed by atoms with van der Waals surface area (Å²) < 4.78 is 13.9. The Labute approximate surface area is 103 Å². The van der Waals surface area contributed by atoms with Crippen molar-refractivity contribution in [3.05, 3.63) is 35.6 Å². The number of hydrogen-bond donors (Lipinski definition) is 1. The maximum Gasteiger partial charge on any atom is 0.127 e. The molecule has 1 saturated carbocycles. The monoisotopic (exact) mass is 235 g/mol. The van der Waals surface area contributed by atoms with E-state index in [1.807, 2.05) is 12.1 Å². The first-order valence-corrected chi connectivity index (χ1v) is 6.71. The van der Waals surface area contributed by atoms with Crippen LogP contribution < -0.4 is 5.32 Å². The second-order valence-electron chi connectivity index (χ2n) is 5.15. The van der Waals surface area contributed by atoms with E-state index in [2.05, 4.69) is 19.2 Å². The first kappa shape index (κ1) is 12.6. The summed E-state index contributed by atoms with van der Waals surface area (Å²) in [5, 5.41) is 3.51. The zero-order valence-electron chi connectivity index (χ0n) is 10.7. The van der Waals surface area contributed by atoms with Crippen LogP contribution >= 0.6 is 0 Å². The Hall–Kier alpha value is -0.890. The molecule has 2 rings (SSSR count). The van der Waals surface area contributed by atoms with Crippen molar-refractivity contribution >= 4 is 0 Å². The van der Waals surface area contributed by atoms with Crippen LogP contribution in [0.1, 0.15) is 44.7 Å². The zero-order valence-corrected chi connectivity index (χ0v) is 10.7. The topological polar surface area (TPSA) is 12.0 Å². The van der Waals surface area contributed by atoms with E-state index in [-0.39, 0.29) is 11.9 Å². The van der Waals surface area contributed by atoms with Gasteiger partial charge in [-0.15, -0.1) is 0 Å². The average Bonchev–Trinajstić information content (AvgIpc) is 3.15. The Bertz CT molecular complexity index is 360. The molecule has 17 heavy (non-hydrogen) atoms. The van der Waals surface area contributed by atoms with Crippen LogP contribution in [-0.2, 0) is 0 Å². The standard InChI is InChI=1S/C15H22FN/c1-3-10-17-15(11(2)12-8-9-12)13-6-4-5-7-14(13)16/h4-7,11-12,15,17H,3,8-10H2,1-2H3. The smallest absolute Gasteiger partial charge is 0.127 e. The third-order valence-corrected chi connectivity index (χ3v) is 3.75. The molecule has 94 valence electrons. The number of nitrogens with one attached hydrogen (secondary N) is 1. The van der Waals surface area contributed by atoms with E-state index in [0.29, 0.717) is 5.92 Å². The summed E-state index contributed by atoms with van der Waals surface area (Å²) in [7, 11) is 0. The van der Waals surface area contributed by atoms with Gasteiger partial charge in [0.2, 0.25) is 0 Å². The minimum absolute atomic E-state index is 0.0754. The Balaban J connectivity index is 2.16. The van der Waals surface area contributed by atoms with Crippen LogP contribution in [0.2, 0.25) is 0 Å². The lowest BCUT2D eigenvalue weighted by Crippen LogP contribution is -2.29. The lowest BCUT2D eigenvalue weighted by atomic mass is 9.90. The van der Waals surface area contributed by atoms with E-state index in [0.717, 1.165) is 24.4 Å². The highest BCUT2D eigenvalue weighted by Crippen LogP contribution is 2.43. The van der Waals surface area contributed by atoms with Crippen molar-refractivity contribution in [2.24, 2.45) is 11.8 Å². The maximum atomic E-state index is 13.9. The van der Waals surface area contributed by atoms with Crippen molar-refractivity contribution in [3.63, 3.8) is 0 Å². The van der Waals surface area contributed by atoms with E-state index < -0.39 is 0 Å². The van der Waals surface area contributed by atoms with E-state index in [9.17, 15) is 4.39 Å². The summed E-state index contributed by atoms with van der Waals surface area (Å²) in [6, 6.07) is 7.34. The van der Waals surface area contributed by atoms with E-state index in [1.165, 1.54) is 12.8 Å². The minimum Gasteiger partial charge on any atom is -0.310 e. The second kappa shape index (κ2) is 5.63. The lowest BCUT2D eigenvalue weighted by molar-refractivity contribution is 0.340. The molecule has 1 fully saturated rings. The van der Waals surface area contributed by atoms with Crippen molar-refractivity contribution in [2.75, 3.05) is 6.54 Å². The summed E-state index contributed by atoms with van der Waals surface area (Å²) >= 11 is 0. The third kappa shape index (κ3) is 3.06. The highest BCUT2D eigenvalue weighted by molar-refractivity contribution is 5.22. The normalized spacial score (nSPS) is 19.0. The summed E-state index contributed by atoms with van der Waals surface area (Å²) in [4.78, 5) is 0. The van der Waals surface area contributed by atoms with Gasteiger partial charge in [-0.2, -0.15) is 0 Å². The molecule has 0 aromatic heterocycles. The Morgan fingerprint density at radius 3 is 2.65 bits per heavy atom. The van der Waals surface area contributed by atoms with Crippen LogP contribution in [0.3, 0.4) is 0 Å². The number of benzene rings is 1. The van der Waals surface area contributed by atoms with Gasteiger partial charge in [0.1, 0.15) is 5.82 Å². The molecule has 2 heteroatoms. The van der Waals surface area contributed by atoms with E-state index in [1.54, 1.807) is 12.1 Å². The van der Waals surface area contributed by atoms with Crippen LogP contribution in [-0.4, -0.2) is 6.54 Å². The van der Waals surface area contributed by atoms with Crippen LogP contribution in [0.15, 0.2) is 24.3 Å². The highest BCUT2D eigenvalue weighted by atomic mass is 19.1. The molecular formula is C15H22FN. The maximum absolute atomic E-state index is 13.9. The van der Waals surface area contributed by atoms with Gasteiger partial charge in [0.15, 0.2) is 0 Å². The molecular weight excluding hydrogens is 213 g/mol. The van der Waals surface area contributed by atoms with Crippen molar-refractivity contribution in [1.82, 2.24) is 5.32 Å². The predicted molar refractivity (Wildman–Crippen MR) is 69.3 cm³/mol. The molecule has 0 saturated heterocycles. The molecule has 0 heterocycles. The fourth-order valence-electron chi connectivity index (χ4n) is 2.50. The molecule has 1 nitrogen and oxygen atoms in total. The fraction of sp³-hybridized carbons (Fsp3) is 0.600. The molecule has 0 bridgehead atoms. The summed E-state index contributed by atoms with van der Waals surface area (Å²) in [5.74, 6) is 1.23. The molecule has 0 radical (unpaired) electrons. The molecule has 1 aromatic carbocycles. The van der Waals surface area contributed by atoms with Gasteiger partial charge in [-0.1, -0.05) is 32.0 Å². The van der Waals surface area contributed by atoms with Crippen molar-refractivity contribution < 1.29 is 4.39 Å². The predicted octanol–water partition coefficient (Wildman–Crippen LogP) is 3.91. The van der Waals surface area contributed by atoms with Crippen LogP contribution in [0.5, 0.6) is 0 Å². The van der Waals surface area contributed by atoms with Crippen molar-refractivity contribution in [2.45, 2.75) is 39.2 Å². The van der Waals surface area contributed by atoms with Gasteiger partial charge < -0.3 is 5.32 Å². The van der Waals surface area contributed by atoms with E-state index in [4.69, 9.17) is 0 Å². The van der Waals surface area contributed by atoms with Gasteiger partial charge in [-0.25, -0.2) is 4.39 Å². The number of rotatable bonds is 6. The van der Waals surface area contributed by atoms with Gasteiger partial charge in [-0.05, 0) is 43.7 Å². The van der Waals surface area contributed by atoms with Crippen molar-refractivity contribution in [3.8, 4) is 0 Å². The Morgan fingerprint density at radius 2 is 2.06 bits per heavy atom. The fourth-order valence-corrected chi connectivity index (χ4v) is 2.50. The first-order chi connectivity index (χ1) is 8.24. The van der Waals surface area contributed by atoms with Crippen LogP contribution in [0.4, 0.5) is 4.39 Å². The second-order valence-corrected chi connectivity index (χ2v) is 5.15. The van der Waals surface area contributed by atoms with Gasteiger partial charge in [0.25, 0.3) is 0 Å². The van der Waals surface area contributed by atoms with Crippen molar-refractivity contribution in [1.29, 1.82) is 0 Å². The van der Waals surface area contributed by atoms with Gasteiger partial charge in [0, 0.05) is 11.6 Å². The zero-order chi connectivity index (χ0) is 12.3. The van der Waals surface area contributed by atoms with Gasteiger partial charge >= 0.3 is 0 Å². The molecule has 0 amide bonds. The molecule has 2 unspecified atom stereocenters. The average molecular weight is 235 g/mol.